The third-order valence-electron chi connectivity index (χ3n) is 7.69. The average Bonchev–Trinajstić information content (AvgIpc) is 3.49. The second-order valence-corrected chi connectivity index (χ2v) is 13.0. The summed E-state index contributed by atoms with van der Waals surface area (Å²) in [6.07, 6.45) is -0.680. The zero-order chi connectivity index (χ0) is 31.4. The number of urea groups is 1. The monoisotopic (exact) mass is 624 g/mol. The van der Waals surface area contributed by atoms with Crippen molar-refractivity contribution in [1.29, 1.82) is 0 Å². The molecule has 234 valence electrons. The molecule has 0 spiro atoms. The number of likely N-dealkylation sites (N-methyl/N-ethyl adjacent to an activating group) is 1. The van der Waals surface area contributed by atoms with E-state index >= 15 is 0 Å². The van der Waals surface area contributed by atoms with E-state index in [-0.39, 0.29) is 49.6 Å². The molecule has 3 atom stereocenters. The van der Waals surface area contributed by atoms with Crippen molar-refractivity contribution in [2.45, 2.75) is 37.3 Å². The van der Waals surface area contributed by atoms with Crippen LogP contribution in [-0.2, 0) is 21.2 Å². The number of anilines is 2. The molecule has 3 aromatic rings. The van der Waals surface area contributed by atoms with Crippen molar-refractivity contribution in [3.05, 3.63) is 72.3 Å². The average molecular weight is 625 g/mol. The fourth-order valence-electron chi connectivity index (χ4n) is 5.12. The van der Waals surface area contributed by atoms with Gasteiger partial charge in [0.15, 0.2) is 11.5 Å². The third kappa shape index (κ3) is 6.90. The number of rotatable bonds is 8. The molecule has 0 aliphatic carbocycles. The van der Waals surface area contributed by atoms with Gasteiger partial charge in [0.05, 0.1) is 30.5 Å². The molecule has 0 radical (unpaired) electrons. The predicted octanol–water partition coefficient (Wildman–Crippen LogP) is 3.53. The van der Waals surface area contributed by atoms with Crippen LogP contribution in [0.4, 0.5) is 16.2 Å². The van der Waals surface area contributed by atoms with Crippen molar-refractivity contribution in [2.75, 3.05) is 44.2 Å². The molecule has 44 heavy (non-hydrogen) atoms. The first-order chi connectivity index (χ1) is 21.0. The molecule has 3 amide bonds. The number of amides is 3. The van der Waals surface area contributed by atoms with Crippen molar-refractivity contribution in [3.8, 4) is 17.2 Å². The number of benzene rings is 3. The minimum Gasteiger partial charge on any atom is -0.488 e. The molecule has 2 aliphatic heterocycles. The minimum atomic E-state index is -3.80. The Labute approximate surface area is 256 Å². The Balaban J connectivity index is 1.39. The Morgan fingerprint density at radius 2 is 1.68 bits per heavy atom. The number of carbonyl (C=O) groups excluding carboxylic acids is 2. The van der Waals surface area contributed by atoms with Crippen molar-refractivity contribution in [3.63, 3.8) is 0 Å². The van der Waals surface area contributed by atoms with Gasteiger partial charge >= 0.3 is 6.03 Å². The first-order valence-corrected chi connectivity index (χ1v) is 15.7. The maximum Gasteiger partial charge on any atom is 0.323 e. The predicted molar refractivity (Wildman–Crippen MR) is 163 cm³/mol. The number of nitrogens with one attached hydrogen (secondary N) is 2. The number of aliphatic hydroxyl groups is 1. The van der Waals surface area contributed by atoms with E-state index in [4.69, 9.17) is 14.2 Å². The molecule has 12 nitrogen and oxygen atoms in total. The summed E-state index contributed by atoms with van der Waals surface area (Å²) in [5, 5.41) is 15.4. The van der Waals surface area contributed by atoms with Crippen LogP contribution in [-0.4, -0.2) is 80.4 Å². The fourth-order valence-corrected chi connectivity index (χ4v) is 6.32. The van der Waals surface area contributed by atoms with Crippen LogP contribution < -0.4 is 24.8 Å². The lowest BCUT2D eigenvalue weighted by atomic mass is 10.0. The van der Waals surface area contributed by atoms with Gasteiger partial charge in [-0.05, 0) is 49.4 Å². The summed E-state index contributed by atoms with van der Waals surface area (Å²) in [5.74, 6) is 1.01. The number of ether oxygens (including phenoxy) is 3. The summed E-state index contributed by atoms with van der Waals surface area (Å²) in [6.45, 7) is 3.80. The molecular weight excluding hydrogens is 588 g/mol. The highest BCUT2D eigenvalue weighted by molar-refractivity contribution is 7.89. The molecule has 5 rings (SSSR count). The van der Waals surface area contributed by atoms with Crippen molar-refractivity contribution in [2.24, 2.45) is 5.92 Å². The zero-order valence-electron chi connectivity index (χ0n) is 24.7. The van der Waals surface area contributed by atoms with E-state index in [2.05, 4.69) is 10.6 Å². The summed E-state index contributed by atoms with van der Waals surface area (Å²) >= 11 is 0. The van der Waals surface area contributed by atoms with Crippen LogP contribution in [0.1, 0.15) is 19.4 Å². The number of nitrogens with zero attached hydrogens (tertiary/aromatic N) is 2. The first kappa shape index (κ1) is 31.1. The SMILES string of the molecule is C[C@H](CO)N1C[C@H](C)[C@@H](CN(C)S(=O)(=O)c2ccccc2)Oc2ccc(NC(=O)Nc3ccc4c(c3)OCO4)cc2CC1=O. The smallest absolute Gasteiger partial charge is 0.323 e. The molecule has 2 aliphatic rings. The van der Waals surface area contributed by atoms with E-state index < -0.39 is 28.2 Å². The quantitative estimate of drug-likeness (QED) is 0.345. The highest BCUT2D eigenvalue weighted by Crippen LogP contribution is 2.34. The third-order valence-corrected chi connectivity index (χ3v) is 9.53. The van der Waals surface area contributed by atoms with Gasteiger partial charge in [-0.1, -0.05) is 25.1 Å². The van der Waals surface area contributed by atoms with Gasteiger partial charge in [-0.2, -0.15) is 4.31 Å². The number of carbonyl (C=O) groups is 2. The number of hydrogen-bond donors (Lipinski definition) is 3. The Morgan fingerprint density at radius 1 is 1.02 bits per heavy atom. The number of fused-ring (bicyclic) bond motifs is 2. The zero-order valence-corrected chi connectivity index (χ0v) is 25.5. The lowest BCUT2D eigenvalue weighted by Crippen LogP contribution is -2.48. The van der Waals surface area contributed by atoms with Crippen molar-refractivity contribution in [1.82, 2.24) is 9.21 Å². The normalized spacial score (nSPS) is 18.8. The van der Waals surface area contributed by atoms with E-state index in [0.717, 1.165) is 0 Å². The summed E-state index contributed by atoms with van der Waals surface area (Å²) in [4.78, 5) is 28.1. The van der Waals surface area contributed by atoms with E-state index in [1.807, 2.05) is 6.92 Å². The van der Waals surface area contributed by atoms with Crippen molar-refractivity contribution < 1.29 is 37.3 Å². The Morgan fingerprint density at radius 3 is 2.39 bits per heavy atom. The molecule has 13 heteroatoms. The molecule has 3 aromatic carbocycles. The second kappa shape index (κ2) is 13.1. The molecule has 0 fully saturated rings. The highest BCUT2D eigenvalue weighted by Gasteiger charge is 2.33. The van der Waals surface area contributed by atoms with Crippen LogP contribution in [0, 0.1) is 5.92 Å². The molecule has 0 unspecified atom stereocenters. The van der Waals surface area contributed by atoms with Gasteiger partial charge in [0.1, 0.15) is 11.9 Å². The summed E-state index contributed by atoms with van der Waals surface area (Å²) in [5.41, 5.74) is 1.44. The van der Waals surface area contributed by atoms with Gasteiger partial charge in [0, 0.05) is 42.5 Å². The molecule has 2 heterocycles. The van der Waals surface area contributed by atoms with E-state index in [1.54, 1.807) is 66.4 Å². The number of hydrogen-bond acceptors (Lipinski definition) is 8. The van der Waals surface area contributed by atoms with Crippen LogP contribution in [0.3, 0.4) is 0 Å². The Kier molecular flexibility index (Phi) is 9.28. The topological polar surface area (TPSA) is 147 Å². The van der Waals surface area contributed by atoms with Crippen molar-refractivity contribution >= 4 is 33.3 Å². The van der Waals surface area contributed by atoms with Crippen LogP contribution in [0.2, 0.25) is 0 Å². The summed E-state index contributed by atoms with van der Waals surface area (Å²) in [7, 11) is -2.30. The van der Waals surface area contributed by atoms with E-state index in [0.29, 0.717) is 34.2 Å². The van der Waals surface area contributed by atoms with E-state index in [1.165, 1.54) is 23.5 Å². The lowest BCUT2D eigenvalue weighted by Gasteiger charge is -2.33. The summed E-state index contributed by atoms with van der Waals surface area (Å²) in [6, 6.07) is 17.2. The van der Waals surface area contributed by atoms with Gasteiger partial charge in [-0.3, -0.25) is 4.79 Å². The highest BCUT2D eigenvalue weighted by atomic mass is 32.2. The molecule has 0 saturated carbocycles. The molecular formula is C31H36N4O8S. The van der Waals surface area contributed by atoms with E-state index in [9.17, 15) is 23.1 Å². The fraction of sp³-hybridized carbons (Fsp3) is 0.355. The van der Waals surface area contributed by atoms with Crippen LogP contribution in [0.15, 0.2) is 71.6 Å². The van der Waals surface area contributed by atoms with Gasteiger partial charge in [-0.15, -0.1) is 0 Å². The molecule has 0 bridgehead atoms. The maximum absolute atomic E-state index is 13.5. The Hall–Kier alpha value is -4.33. The molecule has 0 saturated heterocycles. The number of sulfonamides is 1. The second-order valence-electron chi connectivity index (χ2n) is 11.0. The number of aliphatic hydroxyl groups excluding tert-OH is 1. The van der Waals surface area contributed by atoms with Crippen LogP contribution in [0.5, 0.6) is 17.2 Å². The van der Waals surface area contributed by atoms with Gasteiger partial charge in [0.25, 0.3) is 0 Å². The lowest BCUT2D eigenvalue weighted by molar-refractivity contribution is -0.134. The van der Waals surface area contributed by atoms with Gasteiger partial charge < -0.3 is 34.9 Å². The standard InChI is InChI=1S/C31H36N4O8S/c1-20-16-35(21(2)18-36)30(37)14-22-13-23(32-31(38)33-24-10-12-27-28(15-24)42-19-41-27)9-11-26(22)43-29(20)17-34(3)44(39,40)25-7-5-4-6-8-25/h4-13,15,20-21,29,36H,14,16-19H2,1-3H3,(H2,32,33,38)/t20-,21+,29+/m0/s1. The van der Waals surface area contributed by atoms with Gasteiger partial charge in [-0.25, -0.2) is 13.2 Å². The van der Waals surface area contributed by atoms with Gasteiger partial charge in [0.2, 0.25) is 22.7 Å². The molecule has 0 aromatic heterocycles. The Bertz CT molecular complexity index is 1620. The first-order valence-electron chi connectivity index (χ1n) is 14.2. The molecule has 3 N–H and O–H groups in total. The maximum atomic E-state index is 13.5. The van der Waals surface area contributed by atoms with Crippen LogP contribution in [0.25, 0.3) is 0 Å². The minimum absolute atomic E-state index is 0.0192. The largest absolute Gasteiger partial charge is 0.488 e. The summed E-state index contributed by atoms with van der Waals surface area (Å²) < 4.78 is 45.0. The van der Waals surface area contributed by atoms with Crippen LogP contribution >= 0.6 is 0 Å².